The van der Waals surface area contributed by atoms with E-state index in [9.17, 15) is 13.2 Å². The van der Waals surface area contributed by atoms with Gasteiger partial charge in [0.1, 0.15) is 0 Å². The second-order valence-electron chi connectivity index (χ2n) is 7.17. The fourth-order valence-corrected chi connectivity index (χ4v) is 2.80. The van der Waals surface area contributed by atoms with Crippen molar-refractivity contribution in [2.24, 2.45) is 0 Å². The minimum absolute atomic E-state index is 0.163. The third-order valence-corrected chi connectivity index (χ3v) is 4.95. The number of hydrogen-bond acceptors (Lipinski definition) is 2. The van der Waals surface area contributed by atoms with Crippen molar-refractivity contribution in [3.8, 4) is 0 Å². The van der Waals surface area contributed by atoms with Crippen molar-refractivity contribution in [3.63, 3.8) is 0 Å². The molecule has 1 saturated heterocycles. The molecule has 0 radical (unpaired) electrons. The van der Waals surface area contributed by atoms with Gasteiger partial charge in [0, 0.05) is 0 Å². The minimum atomic E-state index is -4.41. The van der Waals surface area contributed by atoms with E-state index in [4.69, 9.17) is 9.31 Å². The highest BCUT2D eigenvalue weighted by molar-refractivity contribution is 6.63. The van der Waals surface area contributed by atoms with Crippen molar-refractivity contribution in [3.05, 3.63) is 29.3 Å². The highest BCUT2D eigenvalue weighted by Crippen LogP contribution is 2.43. The lowest BCUT2D eigenvalue weighted by Gasteiger charge is -2.32. The van der Waals surface area contributed by atoms with Crippen LogP contribution in [0.4, 0.5) is 13.2 Å². The first-order valence-electron chi connectivity index (χ1n) is 7.58. The van der Waals surface area contributed by atoms with E-state index in [1.54, 1.807) is 6.07 Å². The van der Waals surface area contributed by atoms with Crippen LogP contribution >= 0.6 is 0 Å². The molecule has 1 aliphatic carbocycles. The maximum absolute atomic E-state index is 13.4. The summed E-state index contributed by atoms with van der Waals surface area (Å²) < 4.78 is 52.1. The molecule has 0 aromatic heterocycles. The molecule has 0 unspecified atom stereocenters. The van der Waals surface area contributed by atoms with Gasteiger partial charge in [0.15, 0.2) is 0 Å². The lowest BCUT2D eigenvalue weighted by molar-refractivity contribution is -0.136. The fourth-order valence-electron chi connectivity index (χ4n) is 2.80. The first-order valence-corrected chi connectivity index (χ1v) is 7.58. The van der Waals surface area contributed by atoms with E-state index in [1.165, 1.54) is 6.07 Å². The summed E-state index contributed by atoms with van der Waals surface area (Å²) in [6, 6.07) is 4.37. The molecule has 1 heterocycles. The fraction of sp³-hybridized carbons (Fsp3) is 0.625. The highest BCUT2D eigenvalue weighted by atomic mass is 19.4. The number of benzene rings is 1. The molecule has 1 aromatic rings. The van der Waals surface area contributed by atoms with Crippen molar-refractivity contribution in [2.45, 2.75) is 63.8 Å². The molecule has 0 atom stereocenters. The summed E-state index contributed by atoms with van der Waals surface area (Å²) in [4.78, 5) is 0. The highest BCUT2D eigenvalue weighted by Gasteiger charge is 2.54. The van der Waals surface area contributed by atoms with E-state index in [2.05, 4.69) is 0 Å². The summed E-state index contributed by atoms with van der Waals surface area (Å²) in [5, 5.41) is 0. The van der Waals surface area contributed by atoms with Gasteiger partial charge in [0.25, 0.3) is 0 Å². The number of hydrogen-bond donors (Lipinski definition) is 0. The van der Waals surface area contributed by atoms with Gasteiger partial charge in [0.05, 0.1) is 16.8 Å². The first kappa shape index (κ1) is 15.9. The summed E-state index contributed by atoms with van der Waals surface area (Å²) in [5.74, 6) is 0.191. The molecule has 0 amide bonds. The van der Waals surface area contributed by atoms with E-state index in [0.29, 0.717) is 5.56 Å². The van der Waals surface area contributed by atoms with Gasteiger partial charge in [-0.1, -0.05) is 18.2 Å². The average Bonchev–Trinajstić information content (AvgIpc) is 3.16. The molecule has 0 bridgehead atoms. The van der Waals surface area contributed by atoms with Crippen LogP contribution in [0.3, 0.4) is 0 Å². The van der Waals surface area contributed by atoms with Crippen LogP contribution in [0.1, 0.15) is 57.6 Å². The Morgan fingerprint density at radius 2 is 1.59 bits per heavy atom. The Labute approximate surface area is 129 Å². The van der Waals surface area contributed by atoms with Crippen LogP contribution in [0.15, 0.2) is 18.2 Å². The van der Waals surface area contributed by atoms with Crippen molar-refractivity contribution in [2.75, 3.05) is 0 Å². The molecule has 120 valence electrons. The third-order valence-electron chi connectivity index (χ3n) is 4.95. The Hall–Kier alpha value is -1.01. The summed E-state index contributed by atoms with van der Waals surface area (Å²) >= 11 is 0. The summed E-state index contributed by atoms with van der Waals surface area (Å²) in [5.41, 5.74) is -1.08. The molecule has 1 aliphatic heterocycles. The van der Waals surface area contributed by atoms with Crippen LogP contribution in [0.2, 0.25) is 0 Å². The molecular weight excluding hydrogens is 292 g/mol. The predicted octanol–water partition coefficient (Wildman–Crippen LogP) is 3.88. The Morgan fingerprint density at radius 3 is 2.05 bits per heavy atom. The van der Waals surface area contributed by atoms with Crippen molar-refractivity contribution in [1.82, 2.24) is 0 Å². The van der Waals surface area contributed by atoms with Crippen molar-refractivity contribution in [1.29, 1.82) is 0 Å². The van der Waals surface area contributed by atoms with E-state index in [1.807, 2.05) is 27.7 Å². The van der Waals surface area contributed by atoms with Gasteiger partial charge >= 0.3 is 13.3 Å². The molecule has 0 spiro atoms. The van der Waals surface area contributed by atoms with E-state index in [-0.39, 0.29) is 11.4 Å². The zero-order chi connectivity index (χ0) is 16.3. The maximum atomic E-state index is 13.4. The van der Waals surface area contributed by atoms with Gasteiger partial charge in [-0.3, -0.25) is 0 Å². The van der Waals surface area contributed by atoms with Crippen molar-refractivity contribution >= 4 is 12.6 Å². The van der Waals surface area contributed by atoms with Gasteiger partial charge in [-0.2, -0.15) is 13.2 Å². The zero-order valence-electron chi connectivity index (χ0n) is 13.3. The lowest BCUT2D eigenvalue weighted by Crippen LogP contribution is -2.41. The van der Waals surface area contributed by atoms with Crippen LogP contribution in [0.5, 0.6) is 0 Å². The summed E-state index contributed by atoms with van der Waals surface area (Å²) in [6.07, 6.45) is -2.56. The average molecular weight is 312 g/mol. The molecule has 2 fully saturated rings. The maximum Gasteiger partial charge on any atom is 0.495 e. The van der Waals surface area contributed by atoms with Gasteiger partial charge in [-0.25, -0.2) is 0 Å². The van der Waals surface area contributed by atoms with E-state index in [0.717, 1.165) is 18.9 Å². The second kappa shape index (κ2) is 4.74. The normalized spacial score (nSPS) is 23.9. The lowest BCUT2D eigenvalue weighted by atomic mass is 9.71. The molecule has 3 rings (SSSR count). The monoisotopic (exact) mass is 312 g/mol. The molecule has 2 nitrogen and oxygen atoms in total. The standard InChI is InChI=1S/C16H20BF3O2/c1-14(2)15(3,4)22-17(21-14)13-11(10-8-9-10)6-5-7-12(13)16(18,19)20/h5-7,10H,8-9H2,1-4H3. The molecule has 1 saturated carbocycles. The Kier molecular flexibility index (Phi) is 3.42. The predicted molar refractivity (Wildman–Crippen MR) is 79.1 cm³/mol. The summed E-state index contributed by atoms with van der Waals surface area (Å²) in [6.45, 7) is 7.39. The smallest absolute Gasteiger partial charge is 0.399 e. The van der Waals surface area contributed by atoms with E-state index < -0.39 is 30.1 Å². The molecular formula is C16H20BF3O2. The molecule has 2 aliphatic rings. The van der Waals surface area contributed by atoms with Gasteiger partial charge in [-0.15, -0.1) is 0 Å². The first-order chi connectivity index (χ1) is 10.0. The van der Waals surface area contributed by atoms with Gasteiger partial charge < -0.3 is 9.31 Å². The topological polar surface area (TPSA) is 18.5 Å². The van der Waals surface area contributed by atoms with Crippen LogP contribution < -0.4 is 5.46 Å². The quantitative estimate of drug-likeness (QED) is 0.772. The Bertz CT molecular complexity index is 576. The van der Waals surface area contributed by atoms with Crippen molar-refractivity contribution < 1.29 is 22.5 Å². The molecule has 1 aromatic carbocycles. The van der Waals surface area contributed by atoms with Gasteiger partial charge in [-0.05, 0) is 57.5 Å². The van der Waals surface area contributed by atoms with Crippen LogP contribution in [0.25, 0.3) is 0 Å². The van der Waals surface area contributed by atoms with E-state index >= 15 is 0 Å². The SMILES string of the molecule is CC1(C)OB(c2c(C3CC3)cccc2C(F)(F)F)OC1(C)C. The van der Waals surface area contributed by atoms with Crippen LogP contribution in [-0.2, 0) is 15.5 Å². The third kappa shape index (κ3) is 2.56. The number of alkyl halides is 3. The minimum Gasteiger partial charge on any atom is -0.399 e. The Morgan fingerprint density at radius 1 is 1.05 bits per heavy atom. The summed E-state index contributed by atoms with van der Waals surface area (Å²) in [7, 11) is -0.974. The Balaban J connectivity index is 2.10. The largest absolute Gasteiger partial charge is 0.495 e. The van der Waals surface area contributed by atoms with Gasteiger partial charge in [0.2, 0.25) is 0 Å². The molecule has 6 heteroatoms. The van der Waals surface area contributed by atoms with Crippen LogP contribution in [-0.4, -0.2) is 18.3 Å². The molecule has 0 N–H and O–H groups in total. The van der Waals surface area contributed by atoms with Crippen LogP contribution in [0, 0.1) is 0 Å². The second-order valence-corrected chi connectivity index (χ2v) is 7.17. The molecule has 22 heavy (non-hydrogen) atoms. The number of rotatable bonds is 2. The zero-order valence-corrected chi connectivity index (χ0v) is 13.3. The number of halogens is 3.